The van der Waals surface area contributed by atoms with Crippen molar-refractivity contribution >= 4 is 23.5 Å². The topological polar surface area (TPSA) is 57.6 Å². The number of likely N-dealkylation sites (tertiary alicyclic amines) is 1. The van der Waals surface area contributed by atoms with Crippen molar-refractivity contribution in [3.63, 3.8) is 0 Å². The first-order valence-electron chi connectivity index (χ1n) is 6.23. The van der Waals surface area contributed by atoms with Gasteiger partial charge in [-0.3, -0.25) is 9.59 Å². The second-order valence-electron chi connectivity index (χ2n) is 4.99. The van der Waals surface area contributed by atoms with E-state index in [1.165, 1.54) is 0 Å². The third-order valence-electron chi connectivity index (χ3n) is 3.58. The van der Waals surface area contributed by atoms with Gasteiger partial charge in [0.2, 0.25) is 5.91 Å². The van der Waals surface area contributed by atoms with Crippen molar-refractivity contribution in [2.24, 2.45) is 11.8 Å². The average molecular weight is 282 g/mol. The van der Waals surface area contributed by atoms with Gasteiger partial charge in [-0.05, 0) is 17.5 Å². The Morgan fingerprint density at radius 3 is 2.63 bits per heavy atom. The van der Waals surface area contributed by atoms with E-state index in [-0.39, 0.29) is 18.2 Å². The van der Waals surface area contributed by atoms with Crippen molar-refractivity contribution in [2.45, 2.75) is 13.3 Å². The van der Waals surface area contributed by atoms with E-state index in [9.17, 15) is 9.59 Å². The standard InChI is InChI=1S/C14H16ClNO3/c1-9-7-16(8-11(9)14(18)19)13(17)6-10-4-2-3-5-12(10)15/h2-5,9,11H,6-8H2,1H3,(H,18,19)/t9-,11-/m1/s1. The van der Waals surface area contributed by atoms with Crippen LogP contribution < -0.4 is 0 Å². The SMILES string of the molecule is C[C@@H]1CN(C(=O)Cc2ccccc2Cl)C[C@H]1C(=O)O. The summed E-state index contributed by atoms with van der Waals surface area (Å²) in [6, 6.07) is 7.21. The van der Waals surface area contributed by atoms with Crippen molar-refractivity contribution in [1.82, 2.24) is 4.90 Å². The molecule has 0 aromatic heterocycles. The lowest BCUT2D eigenvalue weighted by Gasteiger charge is -2.16. The lowest BCUT2D eigenvalue weighted by atomic mass is 9.99. The molecule has 1 aromatic carbocycles. The Bertz CT molecular complexity index is 503. The van der Waals surface area contributed by atoms with Crippen molar-refractivity contribution in [1.29, 1.82) is 0 Å². The lowest BCUT2D eigenvalue weighted by molar-refractivity contribution is -0.142. The van der Waals surface area contributed by atoms with E-state index >= 15 is 0 Å². The zero-order valence-corrected chi connectivity index (χ0v) is 11.4. The predicted octanol–water partition coefficient (Wildman–Crippen LogP) is 2.06. The van der Waals surface area contributed by atoms with Gasteiger partial charge in [0.25, 0.3) is 0 Å². The molecule has 0 unspecified atom stereocenters. The fourth-order valence-electron chi connectivity index (χ4n) is 2.41. The van der Waals surface area contributed by atoms with Gasteiger partial charge in [0.05, 0.1) is 12.3 Å². The molecule has 0 spiro atoms. The van der Waals surface area contributed by atoms with Crippen LogP contribution in [-0.2, 0) is 16.0 Å². The highest BCUT2D eigenvalue weighted by Crippen LogP contribution is 2.24. The van der Waals surface area contributed by atoms with Gasteiger partial charge in [0.15, 0.2) is 0 Å². The molecule has 2 atom stereocenters. The first-order valence-corrected chi connectivity index (χ1v) is 6.61. The largest absolute Gasteiger partial charge is 0.481 e. The number of hydrogen-bond acceptors (Lipinski definition) is 2. The third-order valence-corrected chi connectivity index (χ3v) is 3.95. The van der Waals surface area contributed by atoms with Gasteiger partial charge < -0.3 is 10.0 Å². The second kappa shape index (κ2) is 5.61. The zero-order chi connectivity index (χ0) is 14.0. The lowest BCUT2D eigenvalue weighted by Crippen LogP contribution is -2.31. The molecule has 2 rings (SSSR count). The van der Waals surface area contributed by atoms with Crippen LogP contribution in [-0.4, -0.2) is 35.0 Å². The molecular weight excluding hydrogens is 266 g/mol. The van der Waals surface area contributed by atoms with Gasteiger partial charge in [0, 0.05) is 18.1 Å². The van der Waals surface area contributed by atoms with E-state index < -0.39 is 11.9 Å². The molecule has 5 heteroatoms. The molecule has 1 aromatic rings. The molecule has 1 saturated heterocycles. The number of aliphatic carboxylic acids is 1. The Kier molecular flexibility index (Phi) is 4.10. The fraction of sp³-hybridized carbons (Fsp3) is 0.429. The number of nitrogens with zero attached hydrogens (tertiary/aromatic N) is 1. The Morgan fingerprint density at radius 1 is 1.37 bits per heavy atom. The molecule has 1 heterocycles. The fourth-order valence-corrected chi connectivity index (χ4v) is 2.61. The van der Waals surface area contributed by atoms with E-state index in [0.29, 0.717) is 18.1 Å². The number of rotatable bonds is 3. The molecule has 19 heavy (non-hydrogen) atoms. The second-order valence-corrected chi connectivity index (χ2v) is 5.40. The summed E-state index contributed by atoms with van der Waals surface area (Å²) in [4.78, 5) is 24.8. The molecule has 1 aliphatic rings. The van der Waals surface area contributed by atoms with Crippen LogP contribution in [0.15, 0.2) is 24.3 Å². The maximum Gasteiger partial charge on any atom is 0.308 e. The Labute approximate surface area is 117 Å². The Morgan fingerprint density at radius 2 is 2.05 bits per heavy atom. The first kappa shape index (κ1) is 13.9. The van der Waals surface area contributed by atoms with Crippen molar-refractivity contribution in [2.75, 3.05) is 13.1 Å². The quantitative estimate of drug-likeness (QED) is 0.923. The van der Waals surface area contributed by atoms with E-state index in [2.05, 4.69) is 0 Å². The monoisotopic (exact) mass is 281 g/mol. The molecule has 1 fully saturated rings. The minimum Gasteiger partial charge on any atom is -0.481 e. The summed E-state index contributed by atoms with van der Waals surface area (Å²) in [7, 11) is 0. The predicted molar refractivity (Wildman–Crippen MR) is 72.0 cm³/mol. The van der Waals surface area contributed by atoms with Crippen LogP contribution in [0.4, 0.5) is 0 Å². The summed E-state index contributed by atoms with van der Waals surface area (Å²) in [5.41, 5.74) is 0.778. The molecule has 0 radical (unpaired) electrons. The number of amides is 1. The molecule has 4 nitrogen and oxygen atoms in total. The maximum absolute atomic E-state index is 12.2. The number of carboxylic acids is 1. The summed E-state index contributed by atoms with van der Waals surface area (Å²) >= 11 is 6.02. The van der Waals surface area contributed by atoms with Gasteiger partial charge in [-0.2, -0.15) is 0 Å². The van der Waals surface area contributed by atoms with Gasteiger partial charge in [-0.1, -0.05) is 36.7 Å². The first-order chi connectivity index (χ1) is 8.99. The number of carbonyl (C=O) groups is 2. The maximum atomic E-state index is 12.2. The zero-order valence-electron chi connectivity index (χ0n) is 10.7. The smallest absolute Gasteiger partial charge is 0.308 e. The van der Waals surface area contributed by atoms with E-state index in [0.717, 1.165) is 5.56 Å². The molecule has 1 amide bonds. The summed E-state index contributed by atoms with van der Waals surface area (Å²) in [6.07, 6.45) is 0.221. The highest BCUT2D eigenvalue weighted by molar-refractivity contribution is 6.31. The van der Waals surface area contributed by atoms with Gasteiger partial charge in [-0.15, -0.1) is 0 Å². The average Bonchev–Trinajstić information content (AvgIpc) is 2.74. The summed E-state index contributed by atoms with van der Waals surface area (Å²) in [6.45, 7) is 2.65. The molecule has 1 aliphatic heterocycles. The molecule has 1 N–H and O–H groups in total. The van der Waals surface area contributed by atoms with Crippen molar-refractivity contribution < 1.29 is 14.7 Å². The minimum absolute atomic E-state index is 0.00676. The van der Waals surface area contributed by atoms with Gasteiger partial charge in [0.1, 0.15) is 0 Å². The van der Waals surface area contributed by atoms with Crippen LogP contribution in [0.25, 0.3) is 0 Å². The molecule has 0 bridgehead atoms. The molecular formula is C14H16ClNO3. The number of benzene rings is 1. The van der Waals surface area contributed by atoms with Crippen LogP contribution in [0.5, 0.6) is 0 Å². The number of hydrogen-bond donors (Lipinski definition) is 1. The Balaban J connectivity index is 2.02. The van der Waals surface area contributed by atoms with Crippen LogP contribution in [0, 0.1) is 11.8 Å². The van der Waals surface area contributed by atoms with Crippen molar-refractivity contribution in [3.05, 3.63) is 34.9 Å². The van der Waals surface area contributed by atoms with Crippen LogP contribution in [0.2, 0.25) is 5.02 Å². The summed E-state index contributed by atoms with van der Waals surface area (Å²) in [5.74, 6) is -1.37. The number of carboxylic acid groups (broad SMARTS) is 1. The number of carbonyl (C=O) groups excluding carboxylic acids is 1. The van der Waals surface area contributed by atoms with Crippen molar-refractivity contribution in [3.8, 4) is 0 Å². The molecule has 0 aliphatic carbocycles. The summed E-state index contributed by atoms with van der Waals surface area (Å²) in [5, 5.41) is 9.63. The van der Waals surface area contributed by atoms with Gasteiger partial charge >= 0.3 is 5.97 Å². The molecule has 102 valence electrons. The van der Waals surface area contributed by atoms with E-state index in [4.69, 9.17) is 16.7 Å². The van der Waals surface area contributed by atoms with Crippen LogP contribution in [0.3, 0.4) is 0 Å². The Hall–Kier alpha value is -1.55. The summed E-state index contributed by atoms with van der Waals surface area (Å²) < 4.78 is 0. The molecule has 0 saturated carbocycles. The van der Waals surface area contributed by atoms with E-state index in [1.807, 2.05) is 25.1 Å². The van der Waals surface area contributed by atoms with Crippen LogP contribution in [0.1, 0.15) is 12.5 Å². The van der Waals surface area contributed by atoms with Gasteiger partial charge in [-0.25, -0.2) is 0 Å². The number of halogens is 1. The minimum atomic E-state index is -0.833. The van der Waals surface area contributed by atoms with E-state index in [1.54, 1.807) is 11.0 Å². The highest BCUT2D eigenvalue weighted by Gasteiger charge is 2.36. The third kappa shape index (κ3) is 3.07. The normalized spacial score (nSPS) is 22.5. The van der Waals surface area contributed by atoms with Crippen LogP contribution >= 0.6 is 11.6 Å². The highest BCUT2D eigenvalue weighted by atomic mass is 35.5.